The zero-order valence-electron chi connectivity index (χ0n) is 9.16. The van der Waals surface area contributed by atoms with Gasteiger partial charge in [-0.2, -0.15) is 0 Å². The van der Waals surface area contributed by atoms with Gasteiger partial charge in [0.15, 0.2) is 0 Å². The van der Waals surface area contributed by atoms with Crippen LogP contribution in [0.5, 0.6) is 5.75 Å². The second-order valence-electron chi connectivity index (χ2n) is 3.35. The number of rotatable bonds is 5. The molecule has 16 heavy (non-hydrogen) atoms. The minimum Gasteiger partial charge on any atom is -0.497 e. The number of halogens is 1. The minimum atomic E-state index is -0.348. The van der Waals surface area contributed by atoms with Crippen LogP contribution in [0.15, 0.2) is 18.2 Å². The quantitative estimate of drug-likeness (QED) is 0.453. The molecule has 0 bridgehead atoms. The molecule has 0 aromatic heterocycles. The Hall–Kier alpha value is -1.57. The van der Waals surface area contributed by atoms with Crippen LogP contribution < -0.4 is 16.0 Å². The first-order chi connectivity index (χ1) is 7.72. The van der Waals surface area contributed by atoms with E-state index in [4.69, 9.17) is 17.0 Å². The van der Waals surface area contributed by atoms with Crippen molar-refractivity contribution in [1.29, 1.82) is 0 Å². The van der Waals surface area contributed by atoms with E-state index in [1.54, 1.807) is 12.1 Å². The molecule has 0 heterocycles. The molecule has 0 saturated heterocycles. The summed E-state index contributed by atoms with van der Waals surface area (Å²) >= 11 is 0. The summed E-state index contributed by atoms with van der Waals surface area (Å²) in [5, 5.41) is 0. The van der Waals surface area contributed by atoms with Gasteiger partial charge in [0.25, 0.3) is 0 Å². The molecule has 1 unspecified atom stereocenters. The number of methoxy groups -OCH3 is 1. The highest BCUT2D eigenvalue weighted by molar-refractivity contribution is 5.30. The molecule has 1 aromatic carbocycles. The standard InChI is InChI=1S/C12H15FN2O/c1-3-4-5-12(15-14)10-7-6-9(16-2)8-11(10)13/h1,6-8,12,15H,4-5,14H2,2H3. The Labute approximate surface area is 94.8 Å². The van der Waals surface area contributed by atoms with Crippen LogP contribution in [0.25, 0.3) is 0 Å². The van der Waals surface area contributed by atoms with E-state index in [1.807, 2.05) is 0 Å². The van der Waals surface area contributed by atoms with Crippen LogP contribution in [0.4, 0.5) is 4.39 Å². The zero-order chi connectivity index (χ0) is 12.0. The molecular formula is C12H15FN2O. The third-order valence-electron chi connectivity index (χ3n) is 2.36. The average molecular weight is 222 g/mol. The topological polar surface area (TPSA) is 47.3 Å². The van der Waals surface area contributed by atoms with Crippen LogP contribution in [0.2, 0.25) is 0 Å². The van der Waals surface area contributed by atoms with E-state index >= 15 is 0 Å². The monoisotopic (exact) mass is 222 g/mol. The number of ether oxygens (including phenoxy) is 1. The summed E-state index contributed by atoms with van der Waals surface area (Å²) in [6.07, 6.45) is 6.30. The molecule has 1 aromatic rings. The van der Waals surface area contributed by atoms with Crippen molar-refractivity contribution < 1.29 is 9.13 Å². The predicted molar refractivity (Wildman–Crippen MR) is 61.1 cm³/mol. The van der Waals surface area contributed by atoms with E-state index in [2.05, 4.69) is 11.3 Å². The fourth-order valence-corrected chi connectivity index (χ4v) is 1.47. The Morgan fingerprint density at radius 2 is 2.38 bits per heavy atom. The van der Waals surface area contributed by atoms with Gasteiger partial charge in [-0.1, -0.05) is 6.07 Å². The molecule has 0 radical (unpaired) electrons. The Morgan fingerprint density at radius 3 is 2.88 bits per heavy atom. The van der Waals surface area contributed by atoms with Gasteiger partial charge >= 0.3 is 0 Å². The number of hydrogen-bond acceptors (Lipinski definition) is 3. The normalized spacial score (nSPS) is 11.9. The summed E-state index contributed by atoms with van der Waals surface area (Å²) in [6, 6.07) is 4.39. The van der Waals surface area contributed by atoms with Crippen molar-refractivity contribution in [3.63, 3.8) is 0 Å². The highest BCUT2D eigenvalue weighted by Gasteiger charge is 2.14. The zero-order valence-corrected chi connectivity index (χ0v) is 9.16. The number of hydrazine groups is 1. The maximum absolute atomic E-state index is 13.7. The van der Waals surface area contributed by atoms with E-state index in [0.29, 0.717) is 24.2 Å². The lowest BCUT2D eigenvalue weighted by atomic mass is 10.0. The SMILES string of the molecule is C#CCCC(NN)c1ccc(OC)cc1F. The highest BCUT2D eigenvalue weighted by atomic mass is 19.1. The lowest BCUT2D eigenvalue weighted by Gasteiger charge is -2.16. The fourth-order valence-electron chi connectivity index (χ4n) is 1.47. The lowest BCUT2D eigenvalue weighted by Crippen LogP contribution is -2.28. The summed E-state index contributed by atoms with van der Waals surface area (Å²) in [5.74, 6) is 8.00. The van der Waals surface area contributed by atoms with Gasteiger partial charge in [-0.05, 0) is 12.5 Å². The Kier molecular flexibility index (Phi) is 4.77. The molecule has 1 rings (SSSR count). The van der Waals surface area contributed by atoms with Crippen LogP contribution in [-0.2, 0) is 0 Å². The summed E-state index contributed by atoms with van der Waals surface area (Å²) in [6.45, 7) is 0. The van der Waals surface area contributed by atoms with Crippen molar-refractivity contribution in [2.45, 2.75) is 18.9 Å². The van der Waals surface area contributed by atoms with E-state index in [-0.39, 0.29) is 11.9 Å². The molecule has 1 atom stereocenters. The molecule has 3 N–H and O–H groups in total. The van der Waals surface area contributed by atoms with Crippen molar-refractivity contribution >= 4 is 0 Å². The Morgan fingerprint density at radius 1 is 1.62 bits per heavy atom. The van der Waals surface area contributed by atoms with E-state index < -0.39 is 0 Å². The third-order valence-corrected chi connectivity index (χ3v) is 2.36. The Balaban J connectivity index is 2.88. The molecule has 0 aliphatic carbocycles. The smallest absolute Gasteiger partial charge is 0.131 e. The van der Waals surface area contributed by atoms with Crippen LogP contribution in [0.1, 0.15) is 24.4 Å². The lowest BCUT2D eigenvalue weighted by molar-refractivity contribution is 0.408. The molecule has 0 fully saturated rings. The predicted octanol–water partition coefficient (Wildman–Crippen LogP) is 1.75. The summed E-state index contributed by atoms with van der Waals surface area (Å²) < 4.78 is 18.6. The number of hydrogen-bond donors (Lipinski definition) is 2. The number of benzene rings is 1. The molecule has 86 valence electrons. The van der Waals surface area contributed by atoms with Gasteiger partial charge in [-0.15, -0.1) is 12.3 Å². The molecular weight excluding hydrogens is 207 g/mol. The molecule has 3 nitrogen and oxygen atoms in total. The maximum atomic E-state index is 13.7. The number of nitrogens with one attached hydrogen (secondary N) is 1. The van der Waals surface area contributed by atoms with Gasteiger partial charge < -0.3 is 4.74 Å². The van der Waals surface area contributed by atoms with Gasteiger partial charge in [0.1, 0.15) is 11.6 Å². The van der Waals surface area contributed by atoms with Gasteiger partial charge in [0.05, 0.1) is 7.11 Å². The van der Waals surface area contributed by atoms with Crippen molar-refractivity contribution in [2.24, 2.45) is 5.84 Å². The van der Waals surface area contributed by atoms with Gasteiger partial charge in [-0.25, -0.2) is 4.39 Å². The maximum Gasteiger partial charge on any atom is 0.131 e. The summed E-state index contributed by atoms with van der Waals surface area (Å²) in [5.41, 5.74) is 3.05. The van der Waals surface area contributed by atoms with Crippen LogP contribution in [-0.4, -0.2) is 7.11 Å². The summed E-state index contributed by atoms with van der Waals surface area (Å²) in [4.78, 5) is 0. The largest absolute Gasteiger partial charge is 0.497 e. The number of terminal acetylenes is 1. The molecule has 0 spiro atoms. The molecule has 4 heteroatoms. The molecule has 0 amide bonds. The second-order valence-corrected chi connectivity index (χ2v) is 3.35. The highest BCUT2D eigenvalue weighted by Crippen LogP contribution is 2.24. The third kappa shape index (κ3) is 2.96. The van der Waals surface area contributed by atoms with Gasteiger partial charge in [0, 0.05) is 24.1 Å². The minimum absolute atomic E-state index is 0.276. The van der Waals surface area contributed by atoms with Gasteiger partial charge in [0.2, 0.25) is 0 Å². The summed E-state index contributed by atoms with van der Waals surface area (Å²) in [7, 11) is 1.49. The van der Waals surface area contributed by atoms with E-state index in [0.717, 1.165) is 0 Å². The second kappa shape index (κ2) is 6.11. The molecule has 0 aliphatic heterocycles. The van der Waals surface area contributed by atoms with E-state index in [1.165, 1.54) is 13.2 Å². The van der Waals surface area contributed by atoms with Gasteiger partial charge in [-0.3, -0.25) is 11.3 Å². The van der Waals surface area contributed by atoms with Crippen LogP contribution in [0, 0.1) is 18.2 Å². The van der Waals surface area contributed by atoms with Crippen molar-refractivity contribution in [1.82, 2.24) is 5.43 Å². The van der Waals surface area contributed by atoms with E-state index in [9.17, 15) is 4.39 Å². The van der Waals surface area contributed by atoms with Crippen molar-refractivity contribution in [2.75, 3.05) is 7.11 Å². The van der Waals surface area contributed by atoms with Crippen LogP contribution in [0.3, 0.4) is 0 Å². The average Bonchev–Trinajstić information content (AvgIpc) is 2.31. The number of nitrogens with two attached hydrogens (primary N) is 1. The Bertz CT molecular complexity index is 387. The molecule has 0 aliphatic rings. The van der Waals surface area contributed by atoms with Crippen LogP contribution >= 0.6 is 0 Å². The first-order valence-corrected chi connectivity index (χ1v) is 4.96. The van der Waals surface area contributed by atoms with Crippen molar-refractivity contribution in [3.05, 3.63) is 29.6 Å². The fraction of sp³-hybridized carbons (Fsp3) is 0.333. The first-order valence-electron chi connectivity index (χ1n) is 4.96. The first kappa shape index (κ1) is 12.5. The van der Waals surface area contributed by atoms with Crippen molar-refractivity contribution in [3.8, 4) is 18.1 Å². The molecule has 0 saturated carbocycles.